The molecule has 1 saturated heterocycles. The molecule has 0 unspecified atom stereocenters. The average Bonchev–Trinajstić information content (AvgIpc) is 3.18. The quantitative estimate of drug-likeness (QED) is 0.849. The van der Waals surface area contributed by atoms with Crippen molar-refractivity contribution in [2.75, 3.05) is 13.1 Å². The number of hydrogen-bond donors (Lipinski definition) is 2. The molecule has 1 amide bonds. The second-order valence-corrected chi connectivity index (χ2v) is 7.54. The summed E-state index contributed by atoms with van der Waals surface area (Å²) < 4.78 is 18.8. The Kier molecular flexibility index (Phi) is 4.97. The van der Waals surface area contributed by atoms with Crippen molar-refractivity contribution in [2.45, 2.75) is 43.4 Å². The van der Waals surface area contributed by atoms with Gasteiger partial charge in [-0.3, -0.25) is 4.79 Å². The molecule has 5 nitrogen and oxygen atoms in total. The zero-order chi connectivity index (χ0) is 16.9. The Morgan fingerprint density at radius 3 is 2.40 bits per heavy atom. The van der Waals surface area contributed by atoms with E-state index >= 15 is 0 Å². The smallest absolute Gasteiger partial charge is 0.242 e. The number of carbonyl (C=O) groups is 1. The molecule has 3 N–H and O–H groups in total. The minimum absolute atomic E-state index is 0. The number of fused-ring (bicyclic) bond motifs is 1. The van der Waals surface area contributed by atoms with E-state index < -0.39 is 11.6 Å². The largest absolute Gasteiger partial charge is 0.488 e. The molecule has 7 heteroatoms. The first-order valence-electron chi connectivity index (χ1n) is 8.63. The third-order valence-corrected chi connectivity index (χ3v) is 5.69. The highest BCUT2D eigenvalue weighted by atomic mass is 35.5. The number of likely N-dealkylation sites (tertiary alicyclic amines) is 1. The molecular weight excluding hydrogens is 347 g/mol. The molecule has 0 bridgehead atoms. The number of nitrogens with two attached hydrogens (primary N) is 1. The highest BCUT2D eigenvalue weighted by Crippen LogP contribution is 2.41. The van der Waals surface area contributed by atoms with Crippen molar-refractivity contribution < 1.29 is 19.0 Å². The number of carbonyl (C=O) groups excluding carboxylic acids is 1. The van der Waals surface area contributed by atoms with E-state index in [1.54, 1.807) is 12.1 Å². The van der Waals surface area contributed by atoms with Crippen LogP contribution >= 0.6 is 12.4 Å². The van der Waals surface area contributed by atoms with Gasteiger partial charge >= 0.3 is 0 Å². The Morgan fingerprint density at radius 2 is 1.80 bits per heavy atom. The van der Waals surface area contributed by atoms with Crippen LogP contribution in [-0.4, -0.2) is 46.7 Å². The van der Waals surface area contributed by atoms with Crippen LogP contribution in [0.2, 0.25) is 0 Å². The van der Waals surface area contributed by atoms with Gasteiger partial charge in [-0.15, -0.1) is 12.4 Å². The van der Waals surface area contributed by atoms with Crippen LogP contribution < -0.4 is 10.5 Å². The Bertz CT molecular complexity index is 638. The summed E-state index contributed by atoms with van der Waals surface area (Å²) in [7, 11) is 0. The van der Waals surface area contributed by atoms with Gasteiger partial charge in [0, 0.05) is 13.1 Å². The van der Waals surface area contributed by atoms with E-state index in [1.807, 2.05) is 4.90 Å². The Hall–Kier alpha value is -1.37. The maximum Gasteiger partial charge on any atom is 0.242 e. The monoisotopic (exact) mass is 370 g/mol. The second kappa shape index (κ2) is 6.74. The molecule has 2 aliphatic carbocycles. The van der Waals surface area contributed by atoms with Crippen LogP contribution in [0.1, 0.15) is 25.7 Å². The lowest BCUT2D eigenvalue weighted by molar-refractivity contribution is -0.132. The third kappa shape index (κ3) is 3.61. The molecule has 2 saturated carbocycles. The van der Waals surface area contributed by atoms with Gasteiger partial charge in [-0.25, -0.2) is 4.39 Å². The maximum atomic E-state index is 13.0. The number of halogens is 2. The molecule has 0 aromatic heterocycles. The number of aliphatic hydroxyl groups is 1. The minimum Gasteiger partial charge on any atom is -0.488 e. The molecule has 4 atom stereocenters. The first-order chi connectivity index (χ1) is 11.4. The molecule has 1 aromatic carbocycles. The predicted octanol–water partition coefficient (Wildman–Crippen LogP) is 1.72. The van der Waals surface area contributed by atoms with E-state index in [-0.39, 0.29) is 30.2 Å². The van der Waals surface area contributed by atoms with Gasteiger partial charge in [0.25, 0.3) is 0 Å². The summed E-state index contributed by atoms with van der Waals surface area (Å²) in [5, 5.41) is 10.4. The zero-order valence-electron chi connectivity index (χ0n) is 13.9. The number of hydrogen-bond acceptors (Lipinski definition) is 4. The van der Waals surface area contributed by atoms with Crippen LogP contribution in [0.15, 0.2) is 24.3 Å². The van der Waals surface area contributed by atoms with Gasteiger partial charge in [0.15, 0.2) is 0 Å². The fraction of sp³-hybridized carbons (Fsp3) is 0.611. The number of nitrogens with zero attached hydrogens (tertiary/aromatic N) is 1. The fourth-order valence-electron chi connectivity index (χ4n) is 4.03. The molecule has 3 aliphatic rings. The van der Waals surface area contributed by atoms with Crippen molar-refractivity contribution >= 4 is 18.3 Å². The summed E-state index contributed by atoms with van der Waals surface area (Å²) in [4.78, 5) is 14.3. The third-order valence-electron chi connectivity index (χ3n) is 5.69. The summed E-state index contributed by atoms with van der Waals surface area (Å²) in [5.74, 6) is 0.933. The molecule has 138 valence electrons. The molecule has 1 heterocycles. The Labute approximate surface area is 152 Å². The predicted molar refractivity (Wildman–Crippen MR) is 93.0 cm³/mol. The van der Waals surface area contributed by atoms with Crippen molar-refractivity contribution in [3.05, 3.63) is 30.1 Å². The lowest BCUT2D eigenvalue weighted by Crippen LogP contribution is -2.44. The van der Waals surface area contributed by atoms with Crippen LogP contribution in [-0.2, 0) is 4.79 Å². The first-order valence-corrected chi connectivity index (χ1v) is 8.63. The standard InChI is InChI=1S/C18H23FN2O3.ClH/c19-13-1-3-14(4-2-13)24-16-8-12-10-21(9-11(12)7-15(16)22)17(23)18(20)5-6-18;/h1-4,11-12,15-16,22H,5-10,20H2;1H/t11-,12+,15+,16+;/m0./s1. The number of amides is 1. The topological polar surface area (TPSA) is 75.8 Å². The average molecular weight is 371 g/mol. The van der Waals surface area contributed by atoms with E-state index in [0.717, 1.165) is 12.8 Å². The lowest BCUT2D eigenvalue weighted by atomic mass is 9.78. The molecule has 25 heavy (non-hydrogen) atoms. The molecule has 3 fully saturated rings. The summed E-state index contributed by atoms with van der Waals surface area (Å²) in [6.45, 7) is 1.38. The van der Waals surface area contributed by atoms with E-state index in [2.05, 4.69) is 0 Å². The van der Waals surface area contributed by atoms with Crippen LogP contribution in [0.25, 0.3) is 0 Å². The SMILES string of the molecule is Cl.NC1(C(=O)N2C[C@H]3C[C@@H](Oc4ccc(F)cc4)[C@H](O)C[C@H]3C2)CC1. The van der Waals surface area contributed by atoms with Crippen LogP contribution in [0, 0.1) is 17.7 Å². The molecule has 0 spiro atoms. The summed E-state index contributed by atoms with van der Waals surface area (Å²) >= 11 is 0. The molecule has 0 radical (unpaired) electrons. The van der Waals surface area contributed by atoms with Gasteiger partial charge in [0.2, 0.25) is 5.91 Å². The van der Waals surface area contributed by atoms with Gasteiger partial charge < -0.3 is 20.5 Å². The van der Waals surface area contributed by atoms with Gasteiger partial charge in [-0.05, 0) is 61.8 Å². The summed E-state index contributed by atoms with van der Waals surface area (Å²) in [6, 6.07) is 5.84. The van der Waals surface area contributed by atoms with E-state index in [1.165, 1.54) is 12.1 Å². The second-order valence-electron chi connectivity index (χ2n) is 7.54. The molecule has 4 rings (SSSR count). The van der Waals surface area contributed by atoms with Crippen molar-refractivity contribution in [3.8, 4) is 5.75 Å². The van der Waals surface area contributed by atoms with Gasteiger partial charge in [-0.1, -0.05) is 0 Å². The number of benzene rings is 1. The van der Waals surface area contributed by atoms with Crippen LogP contribution in [0.5, 0.6) is 5.75 Å². The molecular formula is C18H24ClFN2O3. The summed E-state index contributed by atoms with van der Waals surface area (Å²) in [6.07, 6.45) is 1.98. The number of rotatable bonds is 3. The molecule has 1 aliphatic heterocycles. The summed E-state index contributed by atoms with van der Waals surface area (Å²) in [5.41, 5.74) is 5.40. The number of ether oxygens (including phenoxy) is 1. The van der Waals surface area contributed by atoms with Gasteiger partial charge in [0.05, 0.1) is 11.6 Å². The van der Waals surface area contributed by atoms with Crippen molar-refractivity contribution in [1.82, 2.24) is 4.90 Å². The first kappa shape index (κ1) is 18.4. The van der Waals surface area contributed by atoms with Crippen LogP contribution in [0.3, 0.4) is 0 Å². The van der Waals surface area contributed by atoms with Crippen molar-refractivity contribution in [2.24, 2.45) is 17.6 Å². The minimum atomic E-state index is -0.629. The number of aliphatic hydroxyl groups excluding tert-OH is 1. The lowest BCUT2D eigenvalue weighted by Gasteiger charge is -2.35. The maximum absolute atomic E-state index is 13.0. The Morgan fingerprint density at radius 1 is 1.20 bits per heavy atom. The van der Waals surface area contributed by atoms with E-state index in [4.69, 9.17) is 10.5 Å². The molecule has 1 aromatic rings. The van der Waals surface area contributed by atoms with Crippen molar-refractivity contribution in [1.29, 1.82) is 0 Å². The van der Waals surface area contributed by atoms with Gasteiger partial charge in [0.1, 0.15) is 17.7 Å². The van der Waals surface area contributed by atoms with Gasteiger partial charge in [-0.2, -0.15) is 0 Å². The van der Waals surface area contributed by atoms with E-state index in [0.29, 0.717) is 43.5 Å². The highest BCUT2D eigenvalue weighted by molar-refractivity contribution is 5.89. The van der Waals surface area contributed by atoms with Crippen molar-refractivity contribution in [3.63, 3.8) is 0 Å². The zero-order valence-corrected chi connectivity index (χ0v) is 14.8. The highest BCUT2D eigenvalue weighted by Gasteiger charge is 2.52. The van der Waals surface area contributed by atoms with Crippen LogP contribution in [0.4, 0.5) is 4.39 Å². The fourth-order valence-corrected chi connectivity index (χ4v) is 4.03. The normalized spacial score (nSPS) is 32.5. The van der Waals surface area contributed by atoms with E-state index in [9.17, 15) is 14.3 Å². The Balaban J connectivity index is 0.00000182.